The van der Waals surface area contributed by atoms with Gasteiger partial charge in [-0.05, 0) is 38.7 Å². The van der Waals surface area contributed by atoms with Crippen molar-refractivity contribution in [3.05, 3.63) is 45.9 Å². The molecule has 0 bridgehead atoms. The van der Waals surface area contributed by atoms with Gasteiger partial charge in [-0.3, -0.25) is 0 Å². The van der Waals surface area contributed by atoms with E-state index in [1.807, 2.05) is 32.2 Å². The Morgan fingerprint density at radius 2 is 2.17 bits per heavy atom. The second-order valence-corrected chi connectivity index (χ2v) is 8.33. The highest BCUT2D eigenvalue weighted by Crippen LogP contribution is 2.30. The molecule has 1 atom stereocenters. The third kappa shape index (κ3) is 6.44. The lowest BCUT2D eigenvalue weighted by molar-refractivity contribution is 0.119. The minimum atomic E-state index is 0.0214. The number of nitrogens with one attached hydrogen (secondary N) is 1. The molecular formula is C22H32N4O2S. The topological polar surface area (TPSA) is 59.0 Å². The largest absolute Gasteiger partial charge is 0.493 e. The Labute approximate surface area is 178 Å². The highest BCUT2D eigenvalue weighted by Gasteiger charge is 2.22. The smallest absolute Gasteiger partial charge is 0.194 e. The maximum absolute atomic E-state index is 6.02. The summed E-state index contributed by atoms with van der Waals surface area (Å²) in [5, 5.41) is 6.47. The molecule has 0 radical (unpaired) electrons. The summed E-state index contributed by atoms with van der Waals surface area (Å²) in [6.07, 6.45) is 2.60. The molecule has 1 aromatic carbocycles. The molecule has 1 heterocycles. The van der Waals surface area contributed by atoms with E-state index in [9.17, 15) is 0 Å². The van der Waals surface area contributed by atoms with Crippen molar-refractivity contribution in [2.45, 2.75) is 45.9 Å². The SMILES string of the molecule is CCNC(=NCc1ccccc1OCC1CC1)N(C)Cc1csc(C(C)OC)n1. The molecule has 0 amide bonds. The number of methoxy groups -OCH3 is 1. The van der Waals surface area contributed by atoms with E-state index in [0.717, 1.165) is 47.0 Å². The number of benzene rings is 1. The summed E-state index contributed by atoms with van der Waals surface area (Å²) in [6, 6.07) is 8.19. The number of aromatic nitrogens is 1. The van der Waals surface area contributed by atoms with Crippen molar-refractivity contribution < 1.29 is 9.47 Å². The minimum absolute atomic E-state index is 0.0214. The van der Waals surface area contributed by atoms with E-state index in [1.54, 1.807) is 18.4 Å². The van der Waals surface area contributed by atoms with Crippen LogP contribution in [0, 0.1) is 5.92 Å². The van der Waals surface area contributed by atoms with Gasteiger partial charge in [0.2, 0.25) is 0 Å². The Kier molecular flexibility index (Phi) is 7.89. The third-order valence-electron chi connectivity index (χ3n) is 4.91. The molecule has 1 aliphatic rings. The Bertz CT molecular complexity index is 804. The first-order valence-electron chi connectivity index (χ1n) is 10.3. The van der Waals surface area contributed by atoms with Crippen LogP contribution >= 0.6 is 11.3 Å². The number of para-hydroxylation sites is 1. The molecule has 0 aliphatic heterocycles. The van der Waals surface area contributed by atoms with Crippen LogP contribution in [0.1, 0.15) is 49.1 Å². The third-order valence-corrected chi connectivity index (χ3v) is 5.96. The number of thiazole rings is 1. The normalized spacial score (nSPS) is 15.2. The summed E-state index contributed by atoms with van der Waals surface area (Å²) in [5.74, 6) is 2.54. The van der Waals surface area contributed by atoms with Crippen LogP contribution in [0.25, 0.3) is 0 Å². The number of rotatable bonds is 10. The van der Waals surface area contributed by atoms with E-state index in [-0.39, 0.29) is 6.10 Å². The summed E-state index contributed by atoms with van der Waals surface area (Å²) in [4.78, 5) is 11.6. The zero-order valence-corrected chi connectivity index (χ0v) is 18.7. The number of hydrogen-bond donors (Lipinski definition) is 1. The molecular weight excluding hydrogens is 384 g/mol. The number of aliphatic imine (C=N–C) groups is 1. The van der Waals surface area contributed by atoms with Gasteiger partial charge in [0.15, 0.2) is 5.96 Å². The van der Waals surface area contributed by atoms with Crippen molar-refractivity contribution in [1.82, 2.24) is 15.2 Å². The summed E-state index contributed by atoms with van der Waals surface area (Å²) in [7, 11) is 3.75. The number of nitrogens with zero attached hydrogens (tertiary/aromatic N) is 3. The summed E-state index contributed by atoms with van der Waals surface area (Å²) in [5.41, 5.74) is 2.14. The van der Waals surface area contributed by atoms with Crippen molar-refractivity contribution >= 4 is 17.3 Å². The average molecular weight is 417 g/mol. The van der Waals surface area contributed by atoms with Gasteiger partial charge in [-0.15, -0.1) is 11.3 Å². The predicted molar refractivity (Wildman–Crippen MR) is 118 cm³/mol. The first-order chi connectivity index (χ1) is 14.1. The van der Waals surface area contributed by atoms with Gasteiger partial charge in [0, 0.05) is 31.6 Å². The lowest BCUT2D eigenvalue weighted by atomic mass is 10.2. The van der Waals surface area contributed by atoms with Crippen LogP contribution < -0.4 is 10.1 Å². The van der Waals surface area contributed by atoms with Gasteiger partial charge in [-0.25, -0.2) is 9.98 Å². The van der Waals surface area contributed by atoms with Gasteiger partial charge in [0.05, 0.1) is 25.4 Å². The Morgan fingerprint density at radius 1 is 1.38 bits per heavy atom. The molecule has 1 aliphatic carbocycles. The fraction of sp³-hybridized carbons (Fsp3) is 0.545. The van der Waals surface area contributed by atoms with Gasteiger partial charge in [-0.1, -0.05) is 18.2 Å². The molecule has 158 valence electrons. The molecule has 0 saturated heterocycles. The number of ether oxygens (including phenoxy) is 2. The van der Waals surface area contributed by atoms with E-state index in [0.29, 0.717) is 13.1 Å². The van der Waals surface area contributed by atoms with Gasteiger partial charge >= 0.3 is 0 Å². The number of guanidine groups is 1. The molecule has 29 heavy (non-hydrogen) atoms. The van der Waals surface area contributed by atoms with Crippen LogP contribution in [0.4, 0.5) is 0 Å². The molecule has 0 spiro atoms. The van der Waals surface area contributed by atoms with Crippen LogP contribution in [0.2, 0.25) is 0 Å². The minimum Gasteiger partial charge on any atom is -0.493 e. The van der Waals surface area contributed by atoms with Crippen LogP contribution in [0.15, 0.2) is 34.6 Å². The average Bonchev–Trinajstić information content (AvgIpc) is 3.46. The van der Waals surface area contributed by atoms with E-state index in [1.165, 1.54) is 12.8 Å². The monoisotopic (exact) mass is 416 g/mol. The highest BCUT2D eigenvalue weighted by molar-refractivity contribution is 7.09. The van der Waals surface area contributed by atoms with Crippen LogP contribution in [-0.4, -0.2) is 43.2 Å². The van der Waals surface area contributed by atoms with Gasteiger partial charge in [0.1, 0.15) is 16.9 Å². The van der Waals surface area contributed by atoms with Crippen LogP contribution in [0.5, 0.6) is 5.75 Å². The maximum atomic E-state index is 6.02. The zero-order chi connectivity index (χ0) is 20.6. The summed E-state index contributed by atoms with van der Waals surface area (Å²) >= 11 is 1.63. The fourth-order valence-electron chi connectivity index (χ4n) is 2.90. The lowest BCUT2D eigenvalue weighted by Gasteiger charge is -2.21. The zero-order valence-electron chi connectivity index (χ0n) is 17.9. The molecule has 1 unspecified atom stereocenters. The maximum Gasteiger partial charge on any atom is 0.194 e. The molecule has 2 aromatic rings. The lowest BCUT2D eigenvalue weighted by Crippen LogP contribution is -2.38. The molecule has 6 nitrogen and oxygen atoms in total. The second kappa shape index (κ2) is 10.6. The van der Waals surface area contributed by atoms with E-state index in [2.05, 4.69) is 28.6 Å². The van der Waals surface area contributed by atoms with E-state index in [4.69, 9.17) is 19.5 Å². The van der Waals surface area contributed by atoms with Gasteiger partial charge in [-0.2, -0.15) is 0 Å². The standard InChI is InChI=1S/C22H32N4O2S/c1-5-23-22(26(3)13-19-15-29-21(25-19)16(2)27-4)24-12-18-8-6-7-9-20(18)28-14-17-10-11-17/h6-9,15-17H,5,10-14H2,1-4H3,(H,23,24). The Morgan fingerprint density at radius 3 is 2.90 bits per heavy atom. The molecule has 1 fully saturated rings. The number of hydrogen-bond acceptors (Lipinski definition) is 5. The van der Waals surface area contributed by atoms with Gasteiger partial charge in [0.25, 0.3) is 0 Å². The molecule has 3 rings (SSSR count). The highest BCUT2D eigenvalue weighted by atomic mass is 32.1. The van der Waals surface area contributed by atoms with Crippen molar-refractivity contribution in [2.24, 2.45) is 10.9 Å². The quantitative estimate of drug-likeness (QED) is 0.464. The summed E-state index contributed by atoms with van der Waals surface area (Å²) < 4.78 is 11.4. The first-order valence-corrected chi connectivity index (χ1v) is 11.2. The fourth-order valence-corrected chi connectivity index (χ4v) is 3.74. The molecule has 1 N–H and O–H groups in total. The van der Waals surface area contributed by atoms with Crippen molar-refractivity contribution in [3.8, 4) is 5.75 Å². The van der Waals surface area contributed by atoms with Crippen molar-refractivity contribution in [3.63, 3.8) is 0 Å². The Balaban J connectivity index is 1.65. The van der Waals surface area contributed by atoms with Crippen LogP contribution in [0.3, 0.4) is 0 Å². The first kappa shape index (κ1) is 21.6. The van der Waals surface area contributed by atoms with Crippen molar-refractivity contribution in [2.75, 3.05) is 27.3 Å². The van der Waals surface area contributed by atoms with Gasteiger partial charge < -0.3 is 19.7 Å². The predicted octanol–water partition coefficient (Wildman–Crippen LogP) is 4.24. The second-order valence-electron chi connectivity index (χ2n) is 7.44. The Hall–Kier alpha value is -2.12. The van der Waals surface area contributed by atoms with Crippen molar-refractivity contribution in [1.29, 1.82) is 0 Å². The molecule has 1 saturated carbocycles. The van der Waals surface area contributed by atoms with Crippen LogP contribution in [-0.2, 0) is 17.8 Å². The summed E-state index contributed by atoms with van der Waals surface area (Å²) in [6.45, 7) is 6.99. The van der Waals surface area contributed by atoms with E-state index < -0.39 is 0 Å². The molecule has 7 heteroatoms. The molecule has 1 aromatic heterocycles. The van der Waals surface area contributed by atoms with E-state index >= 15 is 0 Å².